The summed E-state index contributed by atoms with van der Waals surface area (Å²) in [5, 5.41) is 10.4. The molecule has 4 rings (SSSR count). The van der Waals surface area contributed by atoms with Crippen molar-refractivity contribution in [3.05, 3.63) is 0 Å². The Labute approximate surface area is 200 Å². The van der Waals surface area contributed by atoms with Gasteiger partial charge >= 0.3 is 5.97 Å². The predicted molar refractivity (Wildman–Crippen MR) is 127 cm³/mol. The first kappa shape index (κ1) is 25.2. The smallest absolute Gasteiger partial charge is 0.306 e. The monoisotopic (exact) mass is 462 g/mol. The van der Waals surface area contributed by atoms with E-state index in [4.69, 9.17) is 9.47 Å². The number of hydrogen-bond donors (Lipinski definition) is 1. The summed E-state index contributed by atoms with van der Waals surface area (Å²) in [5.74, 6) is 2.51. The highest BCUT2D eigenvalue weighted by Crippen LogP contribution is 2.67. The molecule has 10 atom stereocenters. The molecule has 0 radical (unpaired) electrons. The first-order valence-corrected chi connectivity index (χ1v) is 13.5. The molecule has 4 saturated carbocycles. The lowest BCUT2D eigenvalue weighted by molar-refractivity contribution is -0.186. The summed E-state index contributed by atoms with van der Waals surface area (Å²) in [4.78, 5) is 26.1. The molecule has 0 bridgehead atoms. The third-order valence-corrected chi connectivity index (χ3v) is 10.7. The van der Waals surface area contributed by atoms with Gasteiger partial charge in [0, 0.05) is 25.4 Å². The van der Waals surface area contributed by atoms with Crippen LogP contribution in [0.2, 0.25) is 0 Å². The van der Waals surface area contributed by atoms with E-state index in [-0.39, 0.29) is 35.1 Å². The van der Waals surface area contributed by atoms with Crippen molar-refractivity contribution in [3.63, 3.8) is 0 Å². The molecule has 0 aromatic carbocycles. The first-order valence-electron chi connectivity index (χ1n) is 13.5. The van der Waals surface area contributed by atoms with Gasteiger partial charge in [0.15, 0.2) is 0 Å². The molecule has 5 heteroatoms. The van der Waals surface area contributed by atoms with Gasteiger partial charge in [0.25, 0.3) is 0 Å². The molecule has 1 N–H and O–H groups in total. The van der Waals surface area contributed by atoms with E-state index in [1.807, 2.05) is 21.0 Å². The van der Waals surface area contributed by atoms with E-state index in [1.54, 1.807) is 0 Å². The molecule has 0 heterocycles. The fourth-order valence-electron chi connectivity index (χ4n) is 8.95. The predicted octanol–water partition coefficient (Wildman–Crippen LogP) is 5.18. The highest BCUT2D eigenvalue weighted by molar-refractivity contribution is 5.87. The number of rotatable bonds is 6. The number of aliphatic hydroxyl groups excluding tert-OH is 1. The van der Waals surface area contributed by atoms with E-state index in [2.05, 4.69) is 20.8 Å². The van der Waals surface area contributed by atoms with Gasteiger partial charge in [-0.05, 0) is 99.7 Å². The molecule has 0 saturated heterocycles. The highest BCUT2D eigenvalue weighted by Gasteiger charge is 2.66. The van der Waals surface area contributed by atoms with Crippen molar-refractivity contribution in [3.8, 4) is 0 Å². The van der Waals surface area contributed by atoms with Gasteiger partial charge in [-0.3, -0.25) is 9.59 Å². The molecule has 33 heavy (non-hydrogen) atoms. The fourth-order valence-corrected chi connectivity index (χ4v) is 8.95. The Morgan fingerprint density at radius 3 is 2.52 bits per heavy atom. The molecule has 4 aliphatic carbocycles. The first-order chi connectivity index (χ1) is 15.5. The minimum atomic E-state index is -0.323. The zero-order valence-corrected chi connectivity index (χ0v) is 21.6. The molecule has 0 unspecified atom stereocenters. The third kappa shape index (κ3) is 4.20. The topological polar surface area (TPSA) is 72.8 Å². The van der Waals surface area contributed by atoms with Gasteiger partial charge < -0.3 is 14.6 Å². The van der Waals surface area contributed by atoms with E-state index < -0.39 is 0 Å². The average Bonchev–Trinajstić information content (AvgIpc) is 3.11. The summed E-state index contributed by atoms with van der Waals surface area (Å²) in [6, 6.07) is 0. The molecule has 0 amide bonds. The van der Waals surface area contributed by atoms with Crippen LogP contribution in [0.4, 0.5) is 0 Å². The Hall–Kier alpha value is -0.940. The third-order valence-electron chi connectivity index (χ3n) is 10.7. The van der Waals surface area contributed by atoms with Crippen molar-refractivity contribution in [1.29, 1.82) is 0 Å². The van der Waals surface area contributed by atoms with Crippen LogP contribution in [0.5, 0.6) is 0 Å². The summed E-state index contributed by atoms with van der Waals surface area (Å²) in [5.41, 5.74) is -0.198. The minimum absolute atomic E-state index is 0.0820. The number of ether oxygens (including phenoxy) is 2. The summed E-state index contributed by atoms with van der Waals surface area (Å²) in [6.07, 6.45) is 7.62. The zero-order valence-electron chi connectivity index (χ0n) is 21.6. The van der Waals surface area contributed by atoms with Crippen LogP contribution in [0.1, 0.15) is 92.4 Å². The van der Waals surface area contributed by atoms with Crippen LogP contribution >= 0.6 is 0 Å². The van der Waals surface area contributed by atoms with Crippen molar-refractivity contribution < 1.29 is 24.2 Å². The number of carbonyl (C=O) groups excluding carboxylic acids is 2. The zero-order chi connectivity index (χ0) is 24.1. The van der Waals surface area contributed by atoms with Gasteiger partial charge in [0.2, 0.25) is 0 Å². The van der Waals surface area contributed by atoms with Crippen LogP contribution in [0.15, 0.2) is 0 Å². The van der Waals surface area contributed by atoms with E-state index in [9.17, 15) is 14.7 Å². The molecule has 0 aromatic rings. The Kier molecular flexibility index (Phi) is 7.06. The van der Waals surface area contributed by atoms with Crippen LogP contribution in [0, 0.1) is 46.3 Å². The molecule has 0 aromatic heterocycles. The van der Waals surface area contributed by atoms with Crippen LogP contribution in [-0.2, 0) is 19.1 Å². The van der Waals surface area contributed by atoms with E-state index in [1.165, 1.54) is 0 Å². The highest BCUT2D eigenvalue weighted by atomic mass is 16.5. The van der Waals surface area contributed by atoms with Gasteiger partial charge in [0.05, 0.1) is 18.3 Å². The Morgan fingerprint density at radius 1 is 1.12 bits per heavy atom. The largest absolute Gasteiger partial charge is 0.463 e. The molecule has 4 aliphatic rings. The number of Topliss-reactive ketones (excluding diaryl/α,β-unsaturated/α-hetero) is 1. The summed E-state index contributed by atoms with van der Waals surface area (Å²) < 4.78 is 11.5. The number of aliphatic hydroxyl groups is 1. The molecule has 0 aliphatic heterocycles. The number of carbonyl (C=O) groups is 2. The van der Waals surface area contributed by atoms with Crippen molar-refractivity contribution in [2.45, 2.75) is 111 Å². The maximum absolute atomic E-state index is 13.9. The Balaban J connectivity index is 1.55. The molecular weight excluding hydrogens is 416 g/mol. The number of ketones is 1. The lowest BCUT2D eigenvalue weighted by Crippen LogP contribution is -2.61. The van der Waals surface area contributed by atoms with Crippen molar-refractivity contribution >= 4 is 11.8 Å². The van der Waals surface area contributed by atoms with Crippen LogP contribution < -0.4 is 0 Å². The quantitative estimate of drug-likeness (QED) is 0.551. The van der Waals surface area contributed by atoms with Gasteiger partial charge in [0.1, 0.15) is 5.78 Å². The van der Waals surface area contributed by atoms with Gasteiger partial charge in [-0.15, -0.1) is 0 Å². The molecule has 5 nitrogen and oxygen atoms in total. The van der Waals surface area contributed by atoms with Gasteiger partial charge in [-0.25, -0.2) is 0 Å². The second kappa shape index (κ2) is 9.26. The lowest BCUT2D eigenvalue weighted by Gasteiger charge is -2.62. The second-order valence-electron chi connectivity index (χ2n) is 12.6. The second-order valence-corrected chi connectivity index (χ2v) is 12.6. The van der Waals surface area contributed by atoms with Crippen molar-refractivity contribution in [2.24, 2.45) is 46.3 Å². The average molecular weight is 463 g/mol. The van der Waals surface area contributed by atoms with Gasteiger partial charge in [-0.1, -0.05) is 20.8 Å². The Morgan fingerprint density at radius 2 is 1.85 bits per heavy atom. The lowest BCUT2D eigenvalue weighted by atomic mass is 9.43. The van der Waals surface area contributed by atoms with E-state index >= 15 is 0 Å². The molecule has 188 valence electrons. The maximum Gasteiger partial charge on any atom is 0.306 e. The van der Waals surface area contributed by atoms with Crippen molar-refractivity contribution in [2.75, 3.05) is 7.11 Å². The van der Waals surface area contributed by atoms with Crippen molar-refractivity contribution in [1.82, 2.24) is 0 Å². The van der Waals surface area contributed by atoms with Crippen LogP contribution in [0.3, 0.4) is 0 Å². The van der Waals surface area contributed by atoms with Crippen LogP contribution in [-0.4, -0.2) is 42.3 Å². The van der Waals surface area contributed by atoms with Crippen LogP contribution in [0.25, 0.3) is 0 Å². The standard InChI is InChI=1S/C28H46O5/c1-16(2)33-25(31)10-7-17(3)20-8-9-21-26-22(15-24(30)28(20,21)5)27(4)12-11-19(29)13-18(27)14-23(26)32-6/h16-23,26,29H,7-15H2,1-6H3/t17-,18+,19-,20-,21+,22+,23-,26+,27+,28-/m1/s1. The normalized spacial score (nSPS) is 45.8. The molecule has 4 fully saturated rings. The fraction of sp³-hybridized carbons (Fsp3) is 0.929. The van der Waals surface area contributed by atoms with Gasteiger partial charge in [-0.2, -0.15) is 0 Å². The van der Waals surface area contributed by atoms with E-state index in [0.29, 0.717) is 54.1 Å². The minimum Gasteiger partial charge on any atom is -0.463 e. The molecular formula is C28H46O5. The number of esters is 1. The van der Waals surface area contributed by atoms with E-state index in [0.717, 1.165) is 44.9 Å². The SMILES string of the molecule is CO[C@@H]1C[C@@H]2C[C@H](O)CC[C@]2(C)[C@H]2CC(=O)[C@]3(C)[C@@H]([C@H](C)CCC(=O)OC(C)C)CC[C@H]3[C@H]12. The molecule has 0 spiro atoms. The Bertz CT molecular complexity index is 749. The number of fused-ring (bicyclic) bond motifs is 5. The number of methoxy groups -OCH3 is 1. The number of hydrogen-bond acceptors (Lipinski definition) is 5. The summed E-state index contributed by atoms with van der Waals surface area (Å²) in [7, 11) is 1.84. The summed E-state index contributed by atoms with van der Waals surface area (Å²) >= 11 is 0. The summed E-state index contributed by atoms with van der Waals surface area (Å²) in [6.45, 7) is 10.6. The maximum atomic E-state index is 13.9.